The molecule has 1 fully saturated rings. The molecule has 0 aromatic rings. The Bertz CT molecular complexity index is 290. The van der Waals surface area contributed by atoms with Gasteiger partial charge < -0.3 is 51.4 Å². The van der Waals surface area contributed by atoms with Crippen molar-refractivity contribution in [2.75, 3.05) is 47.3 Å². The van der Waals surface area contributed by atoms with E-state index in [1.165, 1.54) is 21.1 Å². The molecule has 3 atom stereocenters. The third-order valence-corrected chi connectivity index (χ3v) is 3.13. The zero-order valence-corrected chi connectivity index (χ0v) is 16.9. The van der Waals surface area contributed by atoms with Crippen molar-refractivity contribution in [1.29, 1.82) is 0 Å². The number of rotatable bonds is 0. The Labute approximate surface area is 168 Å². The molecule has 0 aromatic carbocycles. The van der Waals surface area contributed by atoms with Gasteiger partial charge in [-0.3, -0.25) is 10.2 Å². The van der Waals surface area contributed by atoms with Crippen LogP contribution in [0.4, 0.5) is 17.6 Å². The van der Waals surface area contributed by atoms with Crippen LogP contribution in [0.25, 0.3) is 0 Å². The number of likely N-dealkylation sites (N-methyl/N-ethyl adjacent to an activating group) is 3. The number of hydrogen-bond donors (Lipinski definition) is 1. The van der Waals surface area contributed by atoms with Gasteiger partial charge in [-0.1, -0.05) is 12.8 Å². The van der Waals surface area contributed by atoms with E-state index in [1.807, 2.05) is 0 Å². The molecule has 1 rings (SSSR count). The van der Waals surface area contributed by atoms with Crippen molar-refractivity contribution in [2.45, 2.75) is 18.9 Å². The van der Waals surface area contributed by atoms with Crippen molar-refractivity contribution >= 4 is 0 Å². The summed E-state index contributed by atoms with van der Waals surface area (Å²) in [5, 5.41) is 2.32. The van der Waals surface area contributed by atoms with Crippen molar-refractivity contribution in [1.82, 2.24) is 20.0 Å². The minimum atomic E-state index is -1.53. The Morgan fingerprint density at radius 3 is 1.96 bits per heavy atom. The number of nitrogens with zero attached hydrogens (tertiary/aromatic N) is 3. The van der Waals surface area contributed by atoms with E-state index in [0.29, 0.717) is 0 Å². The normalized spacial score (nSPS) is 29.6. The Morgan fingerprint density at radius 2 is 1.43 bits per heavy atom. The molecule has 0 amide bonds. The smallest absolute Gasteiger partial charge is 1.00 e. The fourth-order valence-corrected chi connectivity index (χ4v) is 1.70. The quantitative estimate of drug-likeness (QED) is 0.175. The summed E-state index contributed by atoms with van der Waals surface area (Å²) >= 11 is 0. The van der Waals surface area contributed by atoms with Crippen LogP contribution in [0.1, 0.15) is 0 Å². The van der Waals surface area contributed by atoms with Crippen LogP contribution in [-0.4, -0.2) is 80.9 Å². The largest absolute Gasteiger partial charge is 4.00 e. The van der Waals surface area contributed by atoms with Gasteiger partial charge in [0.15, 0.2) is 18.9 Å². The molecule has 138 valence electrons. The maximum absolute atomic E-state index is 13.8. The van der Waals surface area contributed by atoms with Gasteiger partial charge in [0.25, 0.3) is 0 Å². The number of nitrogens with one attached hydrogen (secondary N) is 1. The van der Waals surface area contributed by atoms with E-state index < -0.39 is 25.2 Å². The first kappa shape index (κ1) is 31.9. The maximum atomic E-state index is 13.8. The number of alkyl halides is 3. The summed E-state index contributed by atoms with van der Waals surface area (Å²) in [5.74, 6) is 0. The van der Waals surface area contributed by atoms with Gasteiger partial charge in [-0.25, -0.2) is 13.2 Å². The van der Waals surface area contributed by atoms with Gasteiger partial charge in [-0.2, -0.15) is 0 Å². The van der Waals surface area contributed by atoms with Crippen LogP contribution in [-0.2, 0) is 21.7 Å². The molecular weight excluding hydrogens is 418 g/mol. The summed E-state index contributed by atoms with van der Waals surface area (Å²) in [6.07, 6.45) is -5.17. The second-order valence-electron chi connectivity index (χ2n) is 4.86. The third-order valence-electron chi connectivity index (χ3n) is 3.13. The maximum Gasteiger partial charge on any atom is 4.00 e. The van der Waals surface area contributed by atoms with E-state index in [0.717, 1.165) is 14.7 Å². The Kier molecular flexibility index (Phi) is 21.3. The molecule has 0 radical (unpaired) electrons. The van der Waals surface area contributed by atoms with Gasteiger partial charge in [0, 0.05) is 19.6 Å². The molecule has 0 bridgehead atoms. The second-order valence-corrected chi connectivity index (χ2v) is 4.86. The zero-order valence-electron chi connectivity index (χ0n) is 13.0. The molecular formula is C11H21Cl3F4N4Ti. The van der Waals surface area contributed by atoms with Crippen LogP contribution in [0, 0.1) is 6.30 Å². The standard InChI is InChI=1S/C11H21F4N4.3ClH.Ti/c1-17-5-8(12)16-4-9(13)18(2)6-11(15)19(3)7-10(17)14;;;;/h8-10,16H,4-7H2,1-3H3;3*1H;/q-1;;;;+4/p-3. The van der Waals surface area contributed by atoms with Crippen molar-refractivity contribution < 1.29 is 76.5 Å². The monoisotopic (exact) mass is 438 g/mol. The topological polar surface area (TPSA) is 21.8 Å². The van der Waals surface area contributed by atoms with Crippen molar-refractivity contribution in [2.24, 2.45) is 0 Å². The molecule has 4 nitrogen and oxygen atoms in total. The van der Waals surface area contributed by atoms with Gasteiger partial charge >= 0.3 is 21.7 Å². The first-order valence-corrected chi connectivity index (χ1v) is 6.09. The summed E-state index contributed by atoms with van der Waals surface area (Å²) in [5.41, 5.74) is 0. The Balaban J connectivity index is -0.000000451. The molecule has 1 heterocycles. The minimum Gasteiger partial charge on any atom is -1.00 e. The van der Waals surface area contributed by atoms with Crippen LogP contribution in [0.3, 0.4) is 0 Å². The van der Waals surface area contributed by atoms with Gasteiger partial charge in [0.2, 0.25) is 0 Å². The predicted octanol–water partition coefficient (Wildman–Crippen LogP) is -8.26. The van der Waals surface area contributed by atoms with Crippen molar-refractivity contribution in [3.63, 3.8) is 0 Å². The Morgan fingerprint density at radius 1 is 0.913 bits per heavy atom. The summed E-state index contributed by atoms with van der Waals surface area (Å²) in [7, 11) is 4.17. The van der Waals surface area contributed by atoms with Crippen LogP contribution in [0.5, 0.6) is 0 Å². The van der Waals surface area contributed by atoms with E-state index in [4.69, 9.17) is 0 Å². The fraction of sp³-hybridized carbons (Fsp3) is 0.909. The summed E-state index contributed by atoms with van der Waals surface area (Å²) in [6.45, 7) is -1.03. The summed E-state index contributed by atoms with van der Waals surface area (Å²) in [4.78, 5) is 3.30. The summed E-state index contributed by atoms with van der Waals surface area (Å²) < 4.78 is 54.6. The molecule has 12 heteroatoms. The van der Waals surface area contributed by atoms with E-state index in [2.05, 4.69) is 5.32 Å². The van der Waals surface area contributed by atoms with Gasteiger partial charge in [0.1, 0.15) is 0 Å². The first-order chi connectivity index (χ1) is 8.81. The average Bonchev–Trinajstić information content (AvgIpc) is 2.34. The van der Waals surface area contributed by atoms with E-state index in [9.17, 15) is 17.6 Å². The van der Waals surface area contributed by atoms with Gasteiger partial charge in [-0.05, 0) is 21.1 Å². The SMILES string of the molecule is CN1CC(F)N(C)CC(F)NCC(F)N(C)C[C-]1F.[Cl-].[Cl-].[Cl-].[Ti+4]. The van der Waals surface area contributed by atoms with Gasteiger partial charge in [-0.15, -0.1) is 0 Å². The van der Waals surface area contributed by atoms with E-state index in [1.54, 1.807) is 0 Å². The number of halogens is 7. The number of hydrogen-bond acceptors (Lipinski definition) is 4. The van der Waals surface area contributed by atoms with Gasteiger partial charge in [0.05, 0.1) is 0 Å². The van der Waals surface area contributed by atoms with Crippen molar-refractivity contribution in [3.8, 4) is 0 Å². The average molecular weight is 440 g/mol. The fourth-order valence-electron chi connectivity index (χ4n) is 1.70. The molecule has 0 saturated carbocycles. The van der Waals surface area contributed by atoms with Crippen LogP contribution in [0.15, 0.2) is 0 Å². The molecule has 0 aliphatic carbocycles. The molecule has 1 aliphatic heterocycles. The molecule has 0 aromatic heterocycles. The van der Waals surface area contributed by atoms with Crippen LogP contribution >= 0.6 is 0 Å². The molecule has 3 unspecified atom stereocenters. The zero-order chi connectivity index (χ0) is 14.6. The molecule has 1 N–H and O–H groups in total. The van der Waals surface area contributed by atoms with Crippen LogP contribution in [0.2, 0.25) is 0 Å². The first-order valence-electron chi connectivity index (χ1n) is 6.09. The molecule has 0 spiro atoms. The second kappa shape index (κ2) is 15.4. The van der Waals surface area contributed by atoms with E-state index >= 15 is 0 Å². The molecule has 1 aliphatic rings. The predicted molar refractivity (Wildman–Crippen MR) is 64.9 cm³/mol. The van der Waals surface area contributed by atoms with Crippen molar-refractivity contribution in [3.05, 3.63) is 6.30 Å². The molecule has 23 heavy (non-hydrogen) atoms. The van der Waals surface area contributed by atoms with Crippen LogP contribution < -0.4 is 42.5 Å². The van der Waals surface area contributed by atoms with E-state index in [-0.39, 0.29) is 85.1 Å². The minimum absolute atomic E-state index is 0. The molecule has 1 saturated heterocycles. The summed E-state index contributed by atoms with van der Waals surface area (Å²) in [6, 6.07) is 0. The third kappa shape index (κ3) is 11.4. The Hall–Kier alpha value is 1.14.